The number of sulfonamides is 1. The first-order valence-electron chi connectivity index (χ1n) is 11.5. The molecule has 1 heterocycles. The molecule has 0 radical (unpaired) electrons. The zero-order valence-corrected chi connectivity index (χ0v) is 22.2. The molecular weight excluding hydrogens is 531 g/mol. The van der Waals surface area contributed by atoms with Gasteiger partial charge in [0.15, 0.2) is 5.78 Å². The molecule has 0 atom stereocenters. The molecule has 2 aliphatic rings. The van der Waals surface area contributed by atoms with Gasteiger partial charge in [0.1, 0.15) is 0 Å². The summed E-state index contributed by atoms with van der Waals surface area (Å²) < 4.78 is 80.9. The molecule has 1 aliphatic carbocycles. The highest BCUT2D eigenvalue weighted by molar-refractivity contribution is 7.89. The lowest BCUT2D eigenvalue weighted by molar-refractivity contribution is -0.0891. The maximum atomic E-state index is 14.0. The predicted octanol–water partition coefficient (Wildman–Crippen LogP) is 5.75. The number of piperazine rings is 1. The number of hydrogen-bond donors (Lipinski definition) is 0. The molecule has 35 heavy (non-hydrogen) atoms. The Morgan fingerprint density at radius 2 is 1.66 bits per heavy atom. The Labute approximate surface area is 215 Å². The first-order valence-corrected chi connectivity index (χ1v) is 13.5. The summed E-state index contributed by atoms with van der Waals surface area (Å²) >= 11 is 6.12. The van der Waals surface area contributed by atoms with Crippen molar-refractivity contribution in [2.24, 2.45) is 0 Å². The van der Waals surface area contributed by atoms with Gasteiger partial charge in [0, 0.05) is 69.0 Å². The van der Waals surface area contributed by atoms with Crippen molar-refractivity contribution in [3.63, 3.8) is 0 Å². The number of carbonyl (C=O) groups is 1. The van der Waals surface area contributed by atoms with Crippen LogP contribution in [0.5, 0.6) is 0 Å². The number of Topliss-reactive ketones (excluding diaryl/α,β-unsaturated/α-hetero) is 1. The van der Waals surface area contributed by atoms with Gasteiger partial charge >= 0.3 is 0 Å². The van der Waals surface area contributed by atoms with Gasteiger partial charge in [0.25, 0.3) is 5.92 Å². The van der Waals surface area contributed by atoms with Gasteiger partial charge in [-0.15, -0.1) is 12.4 Å². The van der Waals surface area contributed by atoms with E-state index in [9.17, 15) is 30.8 Å². The van der Waals surface area contributed by atoms with Gasteiger partial charge < -0.3 is 0 Å². The Morgan fingerprint density at radius 3 is 2.14 bits per heavy atom. The molecule has 0 N–H and O–H groups in total. The van der Waals surface area contributed by atoms with Crippen LogP contribution in [0.1, 0.15) is 68.3 Å². The number of hydrogen-bond acceptors (Lipinski definition) is 4. The maximum absolute atomic E-state index is 14.0. The molecule has 200 valence electrons. The van der Waals surface area contributed by atoms with Crippen LogP contribution >= 0.6 is 24.0 Å². The van der Waals surface area contributed by atoms with Gasteiger partial charge in [-0.25, -0.2) is 26.0 Å². The first kappa shape index (κ1) is 30.3. The van der Waals surface area contributed by atoms with Gasteiger partial charge in [0.2, 0.25) is 15.9 Å². The molecule has 0 aromatic heterocycles. The number of alkyl halides is 4. The highest BCUT2D eigenvalue weighted by atomic mass is 35.5. The van der Waals surface area contributed by atoms with E-state index in [-0.39, 0.29) is 85.3 Å². The molecule has 1 aromatic carbocycles. The minimum absolute atomic E-state index is 0. The largest absolute Gasteiger partial charge is 0.295 e. The smallest absolute Gasteiger partial charge is 0.270 e. The Balaban J connectivity index is 0.00000432. The molecule has 2 fully saturated rings. The second-order valence-corrected chi connectivity index (χ2v) is 12.0. The summed E-state index contributed by atoms with van der Waals surface area (Å²) in [5.41, 5.74) is -0.813. The molecule has 1 saturated carbocycles. The van der Waals surface area contributed by atoms with Crippen LogP contribution in [0.2, 0.25) is 5.02 Å². The second kappa shape index (κ2) is 11.2. The molecule has 5 nitrogen and oxygen atoms in total. The fraction of sp³-hybridized carbons (Fsp3) is 0.696. The topological polar surface area (TPSA) is 57.7 Å². The molecule has 1 saturated heterocycles. The predicted molar refractivity (Wildman–Crippen MR) is 131 cm³/mol. The molecular formula is C23H32Cl2F4N2O3S. The lowest BCUT2D eigenvalue weighted by atomic mass is 9.74. The summed E-state index contributed by atoms with van der Waals surface area (Å²) in [4.78, 5) is 15.0. The van der Waals surface area contributed by atoms with E-state index < -0.39 is 27.4 Å². The van der Waals surface area contributed by atoms with Crippen LogP contribution in [-0.4, -0.2) is 66.8 Å². The van der Waals surface area contributed by atoms with Crippen LogP contribution < -0.4 is 0 Å². The van der Waals surface area contributed by atoms with Gasteiger partial charge in [-0.1, -0.05) is 17.7 Å². The van der Waals surface area contributed by atoms with E-state index in [2.05, 4.69) is 4.90 Å². The minimum atomic E-state index is -3.33. The van der Waals surface area contributed by atoms with Crippen LogP contribution in [0.25, 0.3) is 0 Å². The van der Waals surface area contributed by atoms with E-state index in [0.29, 0.717) is 19.5 Å². The van der Waals surface area contributed by atoms with Crippen LogP contribution in [0.15, 0.2) is 18.2 Å². The molecule has 0 bridgehead atoms. The molecule has 0 amide bonds. The second-order valence-electron chi connectivity index (χ2n) is 9.37. The van der Waals surface area contributed by atoms with Crippen molar-refractivity contribution in [3.8, 4) is 0 Å². The quantitative estimate of drug-likeness (QED) is 0.299. The van der Waals surface area contributed by atoms with Crippen molar-refractivity contribution < 1.29 is 30.8 Å². The fourth-order valence-corrected chi connectivity index (χ4v) is 6.29. The average Bonchev–Trinajstić information content (AvgIpc) is 2.78. The number of halogens is 6. The number of carbonyl (C=O) groups excluding carboxylic acids is 1. The van der Waals surface area contributed by atoms with Crippen LogP contribution in [0.3, 0.4) is 0 Å². The summed E-state index contributed by atoms with van der Waals surface area (Å²) in [7, 11) is -3.33. The third-order valence-corrected chi connectivity index (χ3v) is 9.37. The molecule has 0 spiro atoms. The SMILES string of the molecule is CCS(=O)(=O)N1CCN(C2(CCC(=O)c3ccc(C(C)(F)F)cc3Cl)CCC(F)(F)CC2)CC1.Cl. The van der Waals surface area contributed by atoms with Crippen LogP contribution in [0.4, 0.5) is 17.6 Å². The van der Waals surface area contributed by atoms with Gasteiger partial charge in [-0.3, -0.25) is 9.69 Å². The van der Waals surface area contributed by atoms with Gasteiger partial charge in [0.05, 0.1) is 10.8 Å². The standard InChI is InChI=1S/C23H31ClF4N2O3S.ClH/c1-3-34(32,33)30-14-12-29(13-15-30)22(8-10-23(27,28)11-9-22)7-6-20(31)18-5-4-17(16-19(18)24)21(2,25)26;/h4-5,16H,3,6-15H2,1-2H3;1H. The summed E-state index contributed by atoms with van der Waals surface area (Å²) in [6.45, 7) is 3.69. The minimum Gasteiger partial charge on any atom is -0.295 e. The molecule has 1 aliphatic heterocycles. The lowest BCUT2D eigenvalue weighted by Crippen LogP contribution is -2.60. The van der Waals surface area contributed by atoms with Crippen molar-refractivity contribution >= 4 is 39.8 Å². The lowest BCUT2D eigenvalue weighted by Gasteiger charge is -2.51. The van der Waals surface area contributed by atoms with Crippen LogP contribution in [-0.2, 0) is 15.9 Å². The number of ketones is 1. The third-order valence-electron chi connectivity index (χ3n) is 7.17. The van der Waals surface area contributed by atoms with E-state index in [1.165, 1.54) is 16.4 Å². The monoisotopic (exact) mass is 562 g/mol. The first-order chi connectivity index (χ1) is 15.7. The van der Waals surface area contributed by atoms with E-state index in [0.717, 1.165) is 13.0 Å². The Bertz CT molecular complexity index is 1000. The van der Waals surface area contributed by atoms with Crippen LogP contribution in [0, 0.1) is 0 Å². The number of nitrogens with zero attached hydrogens (tertiary/aromatic N) is 2. The van der Waals surface area contributed by atoms with Crippen molar-refractivity contribution in [2.45, 2.75) is 69.8 Å². The molecule has 1 aromatic rings. The fourth-order valence-electron chi connectivity index (χ4n) is 4.92. The summed E-state index contributed by atoms with van der Waals surface area (Å²) in [6.07, 6.45) is 0.140. The molecule has 3 rings (SSSR count). The van der Waals surface area contributed by atoms with Crippen molar-refractivity contribution in [2.75, 3.05) is 31.9 Å². The Morgan fingerprint density at radius 1 is 1.09 bits per heavy atom. The van der Waals surface area contributed by atoms with Gasteiger partial charge in [-0.05, 0) is 38.3 Å². The summed E-state index contributed by atoms with van der Waals surface area (Å²) in [5, 5.41) is -0.0633. The number of benzene rings is 1. The zero-order valence-electron chi connectivity index (χ0n) is 19.8. The molecule has 12 heteroatoms. The maximum Gasteiger partial charge on any atom is 0.270 e. The number of rotatable bonds is 8. The van der Waals surface area contributed by atoms with E-state index >= 15 is 0 Å². The van der Waals surface area contributed by atoms with E-state index in [1.54, 1.807) is 6.92 Å². The van der Waals surface area contributed by atoms with E-state index in [4.69, 9.17) is 11.6 Å². The van der Waals surface area contributed by atoms with Crippen molar-refractivity contribution in [1.82, 2.24) is 9.21 Å². The Kier molecular flexibility index (Phi) is 9.70. The Hall–Kier alpha value is -0.940. The molecule has 0 unspecified atom stereocenters. The normalized spacial score (nSPS) is 21.3. The summed E-state index contributed by atoms with van der Waals surface area (Å²) in [5.74, 6) is -6.18. The van der Waals surface area contributed by atoms with Crippen molar-refractivity contribution in [3.05, 3.63) is 34.3 Å². The van der Waals surface area contributed by atoms with Crippen molar-refractivity contribution in [1.29, 1.82) is 0 Å². The summed E-state index contributed by atoms with van der Waals surface area (Å²) in [6, 6.07) is 3.54. The third kappa shape index (κ3) is 7.09. The average molecular weight is 563 g/mol. The van der Waals surface area contributed by atoms with E-state index in [1.807, 2.05) is 0 Å². The highest BCUT2D eigenvalue weighted by Crippen LogP contribution is 2.44. The van der Waals surface area contributed by atoms with Gasteiger partial charge in [-0.2, -0.15) is 4.31 Å². The highest BCUT2D eigenvalue weighted by Gasteiger charge is 2.47. The zero-order chi connectivity index (χ0) is 25.4.